The first-order valence-corrected chi connectivity index (χ1v) is 6.97. The third kappa shape index (κ3) is 2.80. The summed E-state index contributed by atoms with van der Waals surface area (Å²) in [5.74, 6) is 1.74. The van der Waals surface area contributed by atoms with E-state index in [9.17, 15) is 5.11 Å². The number of hydrogen-bond acceptors (Lipinski definition) is 3. The number of phenols is 1. The summed E-state index contributed by atoms with van der Waals surface area (Å²) < 4.78 is 11.8. The SMILES string of the molecule is CCOC(=C1CC1)c1cc(OCC)cc(Br)c1O. The summed E-state index contributed by atoms with van der Waals surface area (Å²) in [7, 11) is 0. The Morgan fingerprint density at radius 1 is 1.28 bits per heavy atom. The average molecular weight is 313 g/mol. The van der Waals surface area contributed by atoms with Crippen LogP contribution in [0.15, 0.2) is 22.2 Å². The monoisotopic (exact) mass is 312 g/mol. The number of hydrogen-bond donors (Lipinski definition) is 1. The van der Waals surface area contributed by atoms with Gasteiger partial charge in [0.1, 0.15) is 17.3 Å². The van der Waals surface area contributed by atoms with Crippen LogP contribution in [0.4, 0.5) is 0 Å². The molecule has 98 valence electrons. The van der Waals surface area contributed by atoms with Gasteiger partial charge in [0.25, 0.3) is 0 Å². The van der Waals surface area contributed by atoms with Gasteiger partial charge in [-0.25, -0.2) is 0 Å². The van der Waals surface area contributed by atoms with Gasteiger partial charge in [-0.1, -0.05) is 0 Å². The molecule has 0 bridgehead atoms. The van der Waals surface area contributed by atoms with Gasteiger partial charge in [-0.15, -0.1) is 0 Å². The molecule has 0 atom stereocenters. The summed E-state index contributed by atoms with van der Waals surface area (Å²) in [5.41, 5.74) is 1.97. The minimum absolute atomic E-state index is 0.210. The zero-order chi connectivity index (χ0) is 13.1. The van der Waals surface area contributed by atoms with E-state index in [0.29, 0.717) is 23.2 Å². The lowest BCUT2D eigenvalue weighted by molar-refractivity contribution is 0.294. The molecular formula is C14H17BrO3. The van der Waals surface area contributed by atoms with E-state index in [1.165, 1.54) is 5.57 Å². The molecule has 1 saturated carbocycles. The van der Waals surface area contributed by atoms with Gasteiger partial charge in [-0.05, 0) is 60.3 Å². The third-order valence-corrected chi connectivity index (χ3v) is 3.31. The summed E-state index contributed by atoms with van der Waals surface area (Å²) >= 11 is 3.35. The van der Waals surface area contributed by atoms with Gasteiger partial charge < -0.3 is 14.6 Å². The molecule has 1 aliphatic carbocycles. The third-order valence-electron chi connectivity index (χ3n) is 2.70. The van der Waals surface area contributed by atoms with E-state index >= 15 is 0 Å². The second kappa shape index (κ2) is 5.65. The number of phenolic OH excluding ortho intramolecular Hbond substituents is 1. The van der Waals surface area contributed by atoms with Crippen LogP contribution in [0.5, 0.6) is 11.5 Å². The van der Waals surface area contributed by atoms with E-state index in [-0.39, 0.29) is 5.75 Å². The second-order valence-corrected chi connectivity index (χ2v) is 4.95. The van der Waals surface area contributed by atoms with Crippen LogP contribution < -0.4 is 4.74 Å². The summed E-state index contributed by atoms with van der Waals surface area (Å²) in [6, 6.07) is 3.60. The molecule has 0 aliphatic heterocycles. The number of ether oxygens (including phenoxy) is 2. The number of allylic oxidation sites excluding steroid dienone is 1. The van der Waals surface area contributed by atoms with Gasteiger partial charge in [-0.2, -0.15) is 0 Å². The highest BCUT2D eigenvalue weighted by molar-refractivity contribution is 9.10. The molecule has 1 aromatic rings. The Bertz CT molecular complexity index is 474. The highest BCUT2D eigenvalue weighted by Crippen LogP contribution is 2.43. The molecule has 18 heavy (non-hydrogen) atoms. The van der Waals surface area contributed by atoms with Gasteiger partial charge in [0.2, 0.25) is 0 Å². The van der Waals surface area contributed by atoms with E-state index in [4.69, 9.17) is 9.47 Å². The van der Waals surface area contributed by atoms with Crippen molar-refractivity contribution >= 4 is 21.7 Å². The molecule has 1 fully saturated rings. The van der Waals surface area contributed by atoms with Crippen molar-refractivity contribution in [2.24, 2.45) is 0 Å². The van der Waals surface area contributed by atoms with Gasteiger partial charge >= 0.3 is 0 Å². The van der Waals surface area contributed by atoms with Gasteiger partial charge in [0, 0.05) is 0 Å². The molecule has 1 N–H and O–H groups in total. The Morgan fingerprint density at radius 3 is 2.56 bits per heavy atom. The van der Waals surface area contributed by atoms with Crippen LogP contribution in [0, 0.1) is 0 Å². The molecule has 2 rings (SSSR count). The standard InChI is InChI=1S/C14H17BrO3/c1-3-17-10-7-11(13(16)12(15)8-10)14(18-4-2)9-5-6-9/h7-8,16H,3-6H2,1-2H3. The van der Waals surface area contributed by atoms with E-state index in [1.54, 1.807) is 6.07 Å². The second-order valence-electron chi connectivity index (χ2n) is 4.10. The van der Waals surface area contributed by atoms with Crippen molar-refractivity contribution in [3.05, 3.63) is 27.7 Å². The molecule has 0 amide bonds. The number of rotatable bonds is 5. The minimum Gasteiger partial charge on any atom is -0.506 e. The molecule has 4 heteroatoms. The van der Waals surface area contributed by atoms with Crippen molar-refractivity contribution in [1.82, 2.24) is 0 Å². The van der Waals surface area contributed by atoms with Crippen LogP contribution in [0.1, 0.15) is 32.3 Å². The molecule has 3 nitrogen and oxygen atoms in total. The minimum atomic E-state index is 0.210. The zero-order valence-electron chi connectivity index (χ0n) is 10.6. The topological polar surface area (TPSA) is 38.7 Å². The van der Waals surface area contributed by atoms with Crippen LogP contribution in [0.25, 0.3) is 5.76 Å². The zero-order valence-corrected chi connectivity index (χ0v) is 12.2. The smallest absolute Gasteiger partial charge is 0.140 e. The number of benzene rings is 1. The summed E-state index contributed by atoms with van der Waals surface area (Å²) in [6.45, 7) is 5.07. The van der Waals surface area contributed by atoms with E-state index in [1.807, 2.05) is 19.9 Å². The Balaban J connectivity index is 2.45. The quantitative estimate of drug-likeness (QED) is 0.832. The first kappa shape index (κ1) is 13.3. The predicted octanol–water partition coefficient (Wildman–Crippen LogP) is 4.09. The molecule has 0 saturated heterocycles. The van der Waals surface area contributed by atoms with Crippen LogP contribution in [-0.2, 0) is 4.74 Å². The molecule has 0 unspecified atom stereocenters. The van der Waals surface area contributed by atoms with Crippen molar-refractivity contribution in [3.63, 3.8) is 0 Å². The Kier molecular flexibility index (Phi) is 4.17. The van der Waals surface area contributed by atoms with Gasteiger partial charge in [0.15, 0.2) is 0 Å². The lowest BCUT2D eigenvalue weighted by Gasteiger charge is -2.14. The first-order valence-electron chi connectivity index (χ1n) is 6.17. The Labute approximate surface area is 116 Å². The van der Waals surface area contributed by atoms with Crippen molar-refractivity contribution in [1.29, 1.82) is 0 Å². The molecule has 0 aromatic heterocycles. The van der Waals surface area contributed by atoms with E-state index in [0.717, 1.165) is 24.4 Å². The van der Waals surface area contributed by atoms with Crippen LogP contribution >= 0.6 is 15.9 Å². The predicted molar refractivity (Wildman–Crippen MR) is 74.8 cm³/mol. The number of halogens is 1. The van der Waals surface area contributed by atoms with Crippen LogP contribution in [0.2, 0.25) is 0 Å². The van der Waals surface area contributed by atoms with Crippen molar-refractivity contribution in [2.75, 3.05) is 13.2 Å². The fourth-order valence-corrected chi connectivity index (χ4v) is 2.24. The fraction of sp³-hybridized carbons (Fsp3) is 0.429. The first-order chi connectivity index (χ1) is 8.67. The lowest BCUT2D eigenvalue weighted by Crippen LogP contribution is -1.97. The van der Waals surface area contributed by atoms with E-state index < -0.39 is 0 Å². The fourth-order valence-electron chi connectivity index (χ4n) is 1.80. The van der Waals surface area contributed by atoms with Crippen LogP contribution in [-0.4, -0.2) is 18.3 Å². The highest BCUT2D eigenvalue weighted by atomic mass is 79.9. The summed E-state index contributed by atoms with van der Waals surface area (Å²) in [6.07, 6.45) is 2.09. The number of aromatic hydroxyl groups is 1. The molecule has 1 aromatic carbocycles. The molecule has 0 heterocycles. The maximum atomic E-state index is 10.1. The molecular weight excluding hydrogens is 296 g/mol. The lowest BCUT2D eigenvalue weighted by atomic mass is 10.1. The van der Waals surface area contributed by atoms with Crippen molar-refractivity contribution in [2.45, 2.75) is 26.7 Å². The van der Waals surface area contributed by atoms with Crippen molar-refractivity contribution < 1.29 is 14.6 Å². The summed E-state index contributed by atoms with van der Waals surface area (Å²) in [5, 5.41) is 10.1. The largest absolute Gasteiger partial charge is 0.506 e. The maximum absolute atomic E-state index is 10.1. The molecule has 0 spiro atoms. The Morgan fingerprint density at radius 2 is 2.00 bits per heavy atom. The van der Waals surface area contributed by atoms with Crippen LogP contribution in [0.3, 0.4) is 0 Å². The molecule has 0 radical (unpaired) electrons. The van der Waals surface area contributed by atoms with Gasteiger partial charge in [0.05, 0.1) is 23.2 Å². The van der Waals surface area contributed by atoms with Crippen molar-refractivity contribution in [3.8, 4) is 11.5 Å². The van der Waals surface area contributed by atoms with Gasteiger partial charge in [-0.3, -0.25) is 0 Å². The molecule has 1 aliphatic rings. The average Bonchev–Trinajstić information content (AvgIpc) is 3.15. The highest BCUT2D eigenvalue weighted by Gasteiger charge is 2.24. The Hall–Kier alpha value is -1.16. The normalized spacial score (nSPS) is 13.4. The van der Waals surface area contributed by atoms with E-state index in [2.05, 4.69) is 15.9 Å². The summed E-state index contributed by atoms with van der Waals surface area (Å²) in [4.78, 5) is 0. The maximum Gasteiger partial charge on any atom is 0.140 e.